The smallest absolute Gasteiger partial charge is 0.387 e. The number of ether oxygens (including phenoxy) is 5. The second kappa shape index (κ2) is 11.0. The van der Waals surface area contributed by atoms with Crippen molar-refractivity contribution in [2.24, 2.45) is 0 Å². The highest BCUT2D eigenvalue weighted by Crippen LogP contribution is 2.52. The standard InChI is InChI=1S/C38H39O8P/c1-7-19-36(20-8-1)40-24-38(46-36)35(34-31(23-39-38)41-37(42-34)21-9-2-10-22-37)45-47-43-29-17-15-25-11-3-5-13-27(25)32(29)33-28-14-6-4-12-26(28)16-18-30(33)44-47/h3-6,11-18,31,34-35H,1-2,7-10,19-24H2/t31-,34-,35-,38+/m1/s1. The largest absolute Gasteiger partial charge is 0.399 e. The van der Waals surface area contributed by atoms with Gasteiger partial charge in [-0.25, -0.2) is 0 Å². The zero-order valence-corrected chi connectivity index (χ0v) is 27.3. The van der Waals surface area contributed by atoms with E-state index in [2.05, 4.69) is 60.7 Å². The molecule has 5 aromatic rings. The van der Waals surface area contributed by atoms with E-state index < -0.39 is 37.8 Å². The topological polar surface area (TPSA) is 81.7 Å². The lowest BCUT2D eigenvalue weighted by molar-refractivity contribution is -0.327. The number of hydrogen-bond acceptors (Lipinski definition) is 8. The van der Waals surface area contributed by atoms with E-state index in [-0.39, 0.29) is 12.7 Å². The van der Waals surface area contributed by atoms with Crippen LogP contribution in [0.2, 0.25) is 0 Å². The molecule has 4 heterocycles. The van der Waals surface area contributed by atoms with Crippen LogP contribution in [0.15, 0.2) is 81.2 Å². The van der Waals surface area contributed by atoms with E-state index in [9.17, 15) is 0 Å². The fourth-order valence-corrected chi connectivity index (χ4v) is 9.96. The maximum Gasteiger partial charge on any atom is 0.387 e. The Bertz CT molecular complexity index is 1920. The summed E-state index contributed by atoms with van der Waals surface area (Å²) < 4.78 is 54.4. The quantitative estimate of drug-likeness (QED) is 0.186. The van der Waals surface area contributed by atoms with Crippen molar-refractivity contribution in [3.05, 3.63) is 72.8 Å². The van der Waals surface area contributed by atoms with Crippen molar-refractivity contribution in [1.82, 2.24) is 0 Å². The third kappa shape index (κ3) is 4.72. The van der Waals surface area contributed by atoms with Crippen molar-refractivity contribution in [1.29, 1.82) is 0 Å². The highest BCUT2D eigenvalue weighted by Gasteiger charge is 2.66. The summed E-state index contributed by atoms with van der Waals surface area (Å²) in [6, 6.07) is 25.1. The molecule has 2 saturated carbocycles. The van der Waals surface area contributed by atoms with Crippen LogP contribution in [0.5, 0.6) is 0 Å². The molecule has 9 heteroatoms. The zero-order valence-electron chi connectivity index (χ0n) is 26.4. The summed E-state index contributed by atoms with van der Waals surface area (Å²) >= 11 is 0. The van der Waals surface area contributed by atoms with Crippen LogP contribution < -0.4 is 4.52 Å². The summed E-state index contributed by atoms with van der Waals surface area (Å²) in [5, 5.41) is 6.45. The average molecular weight is 655 g/mol. The van der Waals surface area contributed by atoms with Gasteiger partial charge in [-0.05, 0) is 59.4 Å². The average Bonchev–Trinajstić information content (AvgIpc) is 3.58. The molecule has 4 atom stereocenters. The molecule has 3 aliphatic heterocycles. The predicted molar refractivity (Wildman–Crippen MR) is 179 cm³/mol. The van der Waals surface area contributed by atoms with Crippen LogP contribution in [0.4, 0.5) is 0 Å². The van der Waals surface area contributed by atoms with E-state index in [1.165, 1.54) is 12.8 Å². The highest BCUT2D eigenvalue weighted by atomic mass is 31.1. The van der Waals surface area contributed by atoms with Gasteiger partial charge in [0.25, 0.3) is 0 Å². The number of fused-ring (bicyclic) bond motifs is 8. The lowest BCUT2D eigenvalue weighted by atomic mass is 9.93. The molecule has 47 heavy (non-hydrogen) atoms. The molecule has 0 amide bonds. The van der Waals surface area contributed by atoms with Crippen LogP contribution >= 0.6 is 8.24 Å². The van der Waals surface area contributed by atoms with Gasteiger partial charge in [0.2, 0.25) is 5.79 Å². The van der Waals surface area contributed by atoms with Gasteiger partial charge in [-0.1, -0.05) is 73.5 Å². The third-order valence-corrected chi connectivity index (χ3v) is 12.1. The zero-order chi connectivity index (χ0) is 31.1. The maximum absolute atomic E-state index is 7.06. The molecule has 0 bridgehead atoms. The van der Waals surface area contributed by atoms with Crippen molar-refractivity contribution in [3.8, 4) is 0 Å². The second-order valence-electron chi connectivity index (χ2n) is 13.9. The molecule has 244 valence electrons. The lowest BCUT2D eigenvalue weighted by Gasteiger charge is -2.43. The molecular weight excluding hydrogens is 615 g/mol. The SMILES string of the molecule is c1ccc2c(c1)ccc1op(O[C@@H]3[C@@H]4OC5(CCCCC5)O[C@@H]4CO[C@]34COC3(CCCCC3)O4)oc3ccc4ccccc4c3c12. The molecule has 8 nitrogen and oxygen atoms in total. The molecule has 5 fully saturated rings. The van der Waals surface area contributed by atoms with E-state index in [0.717, 1.165) is 83.7 Å². The number of benzene rings is 4. The Hall–Kier alpha value is -2.94. The molecule has 10 rings (SSSR count). The first kappa shape index (κ1) is 29.0. The van der Waals surface area contributed by atoms with E-state index in [4.69, 9.17) is 36.6 Å². The number of rotatable bonds is 2. The van der Waals surface area contributed by atoms with E-state index in [0.29, 0.717) is 17.8 Å². The van der Waals surface area contributed by atoms with Crippen LogP contribution in [-0.4, -0.2) is 48.9 Å². The summed E-state index contributed by atoms with van der Waals surface area (Å²) in [5.74, 6) is -2.46. The fraction of sp³-hybridized carbons (Fsp3) is 0.474. The minimum atomic E-state index is -1.98. The van der Waals surface area contributed by atoms with Crippen LogP contribution in [0.25, 0.3) is 43.5 Å². The Kier molecular flexibility index (Phi) is 6.82. The van der Waals surface area contributed by atoms with E-state index >= 15 is 0 Å². The molecular formula is C38H39O8P. The normalized spacial score (nSPS) is 29.8. The molecule has 1 aromatic heterocycles. The predicted octanol–water partition coefficient (Wildman–Crippen LogP) is 9.27. The van der Waals surface area contributed by atoms with Gasteiger partial charge in [0.05, 0.1) is 6.61 Å². The lowest BCUT2D eigenvalue weighted by Crippen LogP contribution is -2.64. The first-order valence-electron chi connectivity index (χ1n) is 17.3. The monoisotopic (exact) mass is 654 g/mol. The maximum atomic E-state index is 7.06. The van der Waals surface area contributed by atoms with Gasteiger partial charge in [0.1, 0.15) is 30.0 Å². The van der Waals surface area contributed by atoms with Gasteiger partial charge < -0.3 is 32.1 Å². The Morgan fingerprint density at radius 3 is 1.85 bits per heavy atom. The van der Waals surface area contributed by atoms with Crippen LogP contribution in [0.1, 0.15) is 64.2 Å². The van der Waals surface area contributed by atoms with Crippen LogP contribution in [0, 0.1) is 0 Å². The van der Waals surface area contributed by atoms with Gasteiger partial charge in [0.15, 0.2) is 17.7 Å². The highest BCUT2D eigenvalue weighted by molar-refractivity contribution is 7.31. The van der Waals surface area contributed by atoms with Crippen LogP contribution in [0.3, 0.4) is 0 Å². The molecule has 0 N–H and O–H groups in total. The molecule has 0 radical (unpaired) electrons. The summed E-state index contributed by atoms with van der Waals surface area (Å²) in [7, 11) is -1.98. The van der Waals surface area contributed by atoms with Crippen molar-refractivity contribution in [2.75, 3.05) is 13.2 Å². The molecule has 4 aromatic carbocycles. The van der Waals surface area contributed by atoms with Crippen LogP contribution in [-0.2, 0) is 23.7 Å². The van der Waals surface area contributed by atoms with E-state index in [1.54, 1.807) is 0 Å². The Morgan fingerprint density at radius 2 is 1.21 bits per heavy atom. The van der Waals surface area contributed by atoms with Gasteiger partial charge in [-0.3, -0.25) is 4.52 Å². The molecule has 3 saturated heterocycles. The van der Waals surface area contributed by atoms with Gasteiger partial charge in [-0.2, -0.15) is 0 Å². The minimum absolute atomic E-state index is 0.253. The molecule has 2 aliphatic carbocycles. The van der Waals surface area contributed by atoms with Gasteiger partial charge >= 0.3 is 8.24 Å². The van der Waals surface area contributed by atoms with E-state index in [1.807, 2.05) is 12.1 Å². The van der Waals surface area contributed by atoms with Crippen molar-refractivity contribution in [2.45, 2.75) is 99.9 Å². The Balaban J connectivity index is 1.15. The summed E-state index contributed by atoms with van der Waals surface area (Å²) in [5.41, 5.74) is 1.43. The molecule has 5 aliphatic rings. The Morgan fingerprint density at radius 1 is 0.617 bits per heavy atom. The van der Waals surface area contributed by atoms with Crippen molar-refractivity contribution in [3.63, 3.8) is 0 Å². The first-order chi connectivity index (χ1) is 23.1. The fourth-order valence-electron chi connectivity index (χ4n) is 8.74. The summed E-state index contributed by atoms with van der Waals surface area (Å²) in [6.07, 6.45) is 8.65. The number of hydrogen-bond donors (Lipinski definition) is 0. The first-order valence-corrected chi connectivity index (χ1v) is 18.4. The Labute approximate surface area is 273 Å². The minimum Gasteiger partial charge on any atom is -0.399 e. The van der Waals surface area contributed by atoms with Gasteiger partial charge in [0, 0.05) is 36.5 Å². The van der Waals surface area contributed by atoms with Crippen molar-refractivity contribution < 1.29 is 36.6 Å². The second-order valence-corrected chi connectivity index (χ2v) is 15.0. The molecule has 0 unspecified atom stereocenters. The molecule has 3 spiro atoms. The third-order valence-electron chi connectivity index (χ3n) is 11.0. The summed E-state index contributed by atoms with van der Waals surface area (Å²) in [6.45, 7) is 0.609. The van der Waals surface area contributed by atoms with Crippen molar-refractivity contribution >= 4 is 51.7 Å². The van der Waals surface area contributed by atoms with Gasteiger partial charge in [-0.15, -0.1) is 0 Å². The summed E-state index contributed by atoms with van der Waals surface area (Å²) in [4.78, 5) is 0.